The lowest BCUT2D eigenvalue weighted by atomic mass is 9.89. The van der Waals surface area contributed by atoms with E-state index in [1.54, 1.807) is 0 Å². The summed E-state index contributed by atoms with van der Waals surface area (Å²) in [6.07, 6.45) is 3.14. The lowest BCUT2D eigenvalue weighted by molar-refractivity contribution is 0.0709. The number of hydrogen-bond donors (Lipinski definition) is 0. The number of rotatable bonds is 2. The molecule has 0 amide bonds. The van der Waals surface area contributed by atoms with Crippen LogP contribution < -0.4 is 4.74 Å². The SMILES string of the molecule is c1ccc2c(c1)CCC(c1cccc3scc(C4OCCc5ccccc54)c13)O2. The van der Waals surface area contributed by atoms with Gasteiger partial charge in [0.15, 0.2) is 0 Å². The Morgan fingerprint density at radius 3 is 2.55 bits per heavy atom. The maximum atomic E-state index is 6.47. The van der Waals surface area contributed by atoms with Gasteiger partial charge in [-0.2, -0.15) is 0 Å². The van der Waals surface area contributed by atoms with Gasteiger partial charge in [0.05, 0.1) is 6.61 Å². The molecule has 144 valence electrons. The van der Waals surface area contributed by atoms with Crippen molar-refractivity contribution in [3.05, 3.63) is 99.9 Å². The third kappa shape index (κ3) is 2.88. The van der Waals surface area contributed by atoms with E-state index in [0.29, 0.717) is 0 Å². The second-order valence-corrected chi connectivity index (χ2v) is 8.78. The third-order valence-electron chi connectivity index (χ3n) is 6.20. The molecule has 0 N–H and O–H groups in total. The molecule has 0 saturated carbocycles. The molecule has 1 aromatic heterocycles. The molecule has 0 radical (unpaired) electrons. The zero-order valence-electron chi connectivity index (χ0n) is 16.1. The first-order chi connectivity index (χ1) is 14.4. The van der Waals surface area contributed by atoms with E-state index in [4.69, 9.17) is 9.47 Å². The van der Waals surface area contributed by atoms with Crippen LogP contribution in [0.5, 0.6) is 5.75 Å². The van der Waals surface area contributed by atoms with Crippen molar-refractivity contribution in [2.45, 2.75) is 31.5 Å². The fourth-order valence-electron chi connectivity index (χ4n) is 4.80. The summed E-state index contributed by atoms with van der Waals surface area (Å²) in [7, 11) is 0. The lowest BCUT2D eigenvalue weighted by Gasteiger charge is -2.29. The molecular formula is C26H22O2S. The molecule has 0 spiro atoms. The Morgan fingerprint density at radius 1 is 0.759 bits per heavy atom. The van der Waals surface area contributed by atoms with Crippen LogP contribution in [0.2, 0.25) is 0 Å². The number of thiophene rings is 1. The van der Waals surface area contributed by atoms with Gasteiger partial charge < -0.3 is 9.47 Å². The standard InChI is InChI=1S/C26H22O2S/c1-3-8-19-17(6-1)14-15-27-26(19)21-16-29-24-11-5-9-20(25(21)24)23-13-12-18-7-2-4-10-22(18)28-23/h1-11,16,23,26H,12-15H2. The molecule has 3 aromatic carbocycles. The highest BCUT2D eigenvalue weighted by Gasteiger charge is 2.29. The van der Waals surface area contributed by atoms with Gasteiger partial charge in [-0.15, -0.1) is 11.3 Å². The van der Waals surface area contributed by atoms with Crippen LogP contribution in [0.1, 0.15) is 46.4 Å². The van der Waals surface area contributed by atoms with E-state index in [1.165, 1.54) is 37.9 Å². The molecule has 6 rings (SSSR count). The summed E-state index contributed by atoms with van der Waals surface area (Å²) in [5.74, 6) is 1.02. The highest BCUT2D eigenvalue weighted by Crippen LogP contribution is 2.44. The molecule has 2 nitrogen and oxygen atoms in total. The number of para-hydroxylation sites is 1. The maximum Gasteiger partial charge on any atom is 0.125 e. The van der Waals surface area contributed by atoms with E-state index in [2.05, 4.69) is 72.1 Å². The lowest BCUT2D eigenvalue weighted by Crippen LogP contribution is -2.18. The van der Waals surface area contributed by atoms with Gasteiger partial charge in [0.1, 0.15) is 18.0 Å². The average molecular weight is 399 g/mol. The average Bonchev–Trinajstić information content (AvgIpc) is 3.22. The summed E-state index contributed by atoms with van der Waals surface area (Å²) in [5.41, 5.74) is 6.60. The number of fused-ring (bicyclic) bond motifs is 3. The quantitative estimate of drug-likeness (QED) is 0.377. The molecule has 0 saturated heterocycles. The van der Waals surface area contributed by atoms with Gasteiger partial charge in [0.25, 0.3) is 0 Å². The van der Waals surface area contributed by atoms with Gasteiger partial charge in [-0.1, -0.05) is 54.6 Å². The van der Waals surface area contributed by atoms with Crippen LogP contribution in [0.4, 0.5) is 0 Å². The van der Waals surface area contributed by atoms with Gasteiger partial charge in [-0.05, 0) is 53.5 Å². The van der Waals surface area contributed by atoms with Gasteiger partial charge in [-0.3, -0.25) is 0 Å². The molecule has 0 fully saturated rings. The molecular weight excluding hydrogens is 376 g/mol. The van der Waals surface area contributed by atoms with Crippen LogP contribution >= 0.6 is 11.3 Å². The molecule has 3 heterocycles. The molecule has 2 aliphatic heterocycles. The van der Waals surface area contributed by atoms with Gasteiger partial charge >= 0.3 is 0 Å². The number of benzene rings is 3. The minimum absolute atomic E-state index is 0.00530. The van der Waals surface area contributed by atoms with Gasteiger partial charge in [-0.25, -0.2) is 0 Å². The number of hydrogen-bond acceptors (Lipinski definition) is 3. The molecule has 3 heteroatoms. The zero-order valence-corrected chi connectivity index (χ0v) is 17.0. The van der Waals surface area contributed by atoms with Crippen LogP contribution in [-0.2, 0) is 17.6 Å². The molecule has 2 aliphatic rings. The van der Waals surface area contributed by atoms with Crippen molar-refractivity contribution in [2.24, 2.45) is 0 Å². The molecule has 2 atom stereocenters. The Hall–Kier alpha value is -2.62. The van der Waals surface area contributed by atoms with Crippen LogP contribution in [0, 0.1) is 0 Å². The molecule has 29 heavy (non-hydrogen) atoms. The monoisotopic (exact) mass is 398 g/mol. The predicted molar refractivity (Wildman–Crippen MR) is 118 cm³/mol. The second kappa shape index (κ2) is 7.01. The maximum absolute atomic E-state index is 6.47. The van der Waals surface area contributed by atoms with Crippen LogP contribution in [0.3, 0.4) is 0 Å². The molecule has 4 aromatic rings. The minimum Gasteiger partial charge on any atom is -0.485 e. The van der Waals surface area contributed by atoms with Crippen molar-refractivity contribution in [3.63, 3.8) is 0 Å². The highest BCUT2D eigenvalue weighted by atomic mass is 32.1. The van der Waals surface area contributed by atoms with E-state index >= 15 is 0 Å². The number of aryl methyl sites for hydroxylation is 1. The molecule has 2 unspecified atom stereocenters. The summed E-state index contributed by atoms with van der Waals surface area (Å²) in [6.45, 7) is 0.772. The first kappa shape index (κ1) is 17.3. The zero-order chi connectivity index (χ0) is 19.2. The molecule has 0 bridgehead atoms. The Bertz CT molecular complexity index is 1190. The van der Waals surface area contributed by atoms with Gasteiger partial charge in [0, 0.05) is 21.2 Å². The van der Waals surface area contributed by atoms with Crippen molar-refractivity contribution >= 4 is 21.4 Å². The van der Waals surface area contributed by atoms with Crippen molar-refractivity contribution < 1.29 is 9.47 Å². The van der Waals surface area contributed by atoms with Crippen molar-refractivity contribution in [1.82, 2.24) is 0 Å². The Balaban J connectivity index is 1.47. The third-order valence-corrected chi connectivity index (χ3v) is 7.17. The summed E-state index contributed by atoms with van der Waals surface area (Å²) in [5, 5.41) is 3.61. The normalized spacial score (nSPS) is 20.7. The summed E-state index contributed by atoms with van der Waals surface area (Å²) < 4.78 is 14.1. The van der Waals surface area contributed by atoms with E-state index in [1.807, 2.05) is 11.3 Å². The van der Waals surface area contributed by atoms with Crippen molar-refractivity contribution in [1.29, 1.82) is 0 Å². The summed E-state index contributed by atoms with van der Waals surface area (Å²) in [6, 6.07) is 23.8. The van der Waals surface area contributed by atoms with Crippen LogP contribution in [0.15, 0.2) is 72.1 Å². The first-order valence-electron chi connectivity index (χ1n) is 10.3. The minimum atomic E-state index is 0.00530. The fraction of sp³-hybridized carbons (Fsp3) is 0.231. The topological polar surface area (TPSA) is 18.5 Å². The van der Waals surface area contributed by atoms with Crippen LogP contribution in [0.25, 0.3) is 10.1 Å². The Kier molecular flexibility index (Phi) is 4.17. The first-order valence-corrected chi connectivity index (χ1v) is 11.2. The summed E-state index contributed by atoms with van der Waals surface area (Å²) >= 11 is 1.81. The largest absolute Gasteiger partial charge is 0.485 e. The Labute approximate surface area is 174 Å². The van der Waals surface area contributed by atoms with Gasteiger partial charge in [0.2, 0.25) is 0 Å². The number of ether oxygens (including phenoxy) is 2. The van der Waals surface area contributed by atoms with E-state index in [0.717, 1.165) is 31.6 Å². The van der Waals surface area contributed by atoms with Crippen molar-refractivity contribution in [2.75, 3.05) is 6.61 Å². The smallest absolute Gasteiger partial charge is 0.125 e. The predicted octanol–water partition coefficient (Wildman–Crippen LogP) is 6.63. The molecule has 0 aliphatic carbocycles. The van der Waals surface area contributed by atoms with Crippen molar-refractivity contribution in [3.8, 4) is 5.75 Å². The summed E-state index contributed by atoms with van der Waals surface area (Å²) in [4.78, 5) is 0. The van der Waals surface area contributed by atoms with E-state index in [-0.39, 0.29) is 12.2 Å². The van der Waals surface area contributed by atoms with E-state index < -0.39 is 0 Å². The van der Waals surface area contributed by atoms with E-state index in [9.17, 15) is 0 Å². The van der Waals surface area contributed by atoms with Crippen LogP contribution in [-0.4, -0.2) is 6.61 Å². The Morgan fingerprint density at radius 2 is 1.59 bits per heavy atom. The fourth-order valence-corrected chi connectivity index (χ4v) is 5.80. The highest BCUT2D eigenvalue weighted by molar-refractivity contribution is 7.17. The second-order valence-electron chi connectivity index (χ2n) is 7.86.